The molecule has 0 rings (SSSR count). The Morgan fingerprint density at radius 3 is 1.22 bits per heavy atom. The van der Waals surface area contributed by atoms with Crippen LogP contribution in [0.4, 0.5) is 9.59 Å². The number of hydrogen-bond acceptors (Lipinski definition) is 10. The minimum absolute atomic E-state index is 0.0570. The molecule has 14 heteroatoms. The van der Waals surface area contributed by atoms with Crippen molar-refractivity contribution in [3.8, 4) is 0 Å². The molecule has 0 fully saturated rings. The van der Waals surface area contributed by atoms with E-state index in [1.165, 1.54) is 0 Å². The van der Waals surface area contributed by atoms with Gasteiger partial charge in [0.05, 0.1) is 0 Å². The predicted octanol–water partition coefficient (Wildman–Crippen LogP) is 1.53. The van der Waals surface area contributed by atoms with Gasteiger partial charge in [-0.15, -0.1) is 0 Å². The summed E-state index contributed by atoms with van der Waals surface area (Å²) in [4.78, 5) is 23.3. The minimum Gasteiger partial charge on any atom is -0.445 e. The topological polar surface area (TPSA) is 132 Å². The Kier molecular flexibility index (Phi) is 17.1. The maximum atomic E-state index is 11.6. The van der Waals surface area contributed by atoms with E-state index in [-0.39, 0.29) is 13.2 Å². The molecular weight excluding hydrogens is 460 g/mol. The molecule has 0 aromatic heterocycles. The first kappa shape index (κ1) is 30.5. The highest BCUT2D eigenvalue weighted by Crippen LogP contribution is 2.15. The number of carbonyl (C=O) groups excluding carboxylic acids is 2. The zero-order chi connectivity index (χ0) is 24.3. The Hall–Kier alpha value is -1.53. The molecule has 2 N–H and O–H groups in total. The van der Waals surface area contributed by atoms with Crippen LogP contribution in [0.5, 0.6) is 0 Å². The average molecular weight is 499 g/mol. The second-order valence-electron chi connectivity index (χ2n) is 6.32. The highest BCUT2D eigenvalue weighted by atomic mass is 28.4. The fourth-order valence-corrected chi connectivity index (χ4v) is 6.03. The first-order valence-corrected chi connectivity index (χ1v) is 14.0. The van der Waals surface area contributed by atoms with Gasteiger partial charge in [0, 0.05) is 67.8 Å². The van der Waals surface area contributed by atoms with Gasteiger partial charge in [0.25, 0.3) is 0 Å². The van der Waals surface area contributed by atoms with Crippen LogP contribution >= 0.6 is 0 Å². The Morgan fingerprint density at radius 2 is 0.938 bits per heavy atom. The van der Waals surface area contributed by atoms with Gasteiger partial charge in [-0.25, -0.2) is 9.59 Å². The van der Waals surface area contributed by atoms with Gasteiger partial charge in [0.1, 0.15) is 13.2 Å². The molecule has 188 valence electrons. The molecule has 0 atom stereocenters. The van der Waals surface area contributed by atoms with E-state index in [0.717, 1.165) is 0 Å². The molecule has 0 unspecified atom stereocenters. The number of ether oxygens (including phenoxy) is 2. The van der Waals surface area contributed by atoms with E-state index in [1.807, 2.05) is 0 Å². The third kappa shape index (κ3) is 12.5. The molecule has 0 aliphatic carbocycles. The molecule has 0 aromatic rings. The number of nitrogens with one attached hydrogen (secondary N) is 2. The summed E-state index contributed by atoms with van der Waals surface area (Å²) in [5.41, 5.74) is 0. The van der Waals surface area contributed by atoms with Crippen LogP contribution in [0.15, 0.2) is 12.2 Å². The second-order valence-corrected chi connectivity index (χ2v) is 12.5. The van der Waals surface area contributed by atoms with Crippen LogP contribution in [0.3, 0.4) is 0 Å². The normalized spacial score (nSPS) is 12.1. The summed E-state index contributed by atoms with van der Waals surface area (Å²) in [6.07, 6.45) is 3.33. The lowest BCUT2D eigenvalue weighted by molar-refractivity contribution is 0.122. The quantitative estimate of drug-likeness (QED) is 0.163. The summed E-state index contributed by atoms with van der Waals surface area (Å²) in [7, 11) is 3.98. The Morgan fingerprint density at radius 1 is 0.625 bits per heavy atom. The highest BCUT2D eigenvalue weighted by Gasteiger charge is 2.37. The lowest BCUT2D eigenvalue weighted by Crippen LogP contribution is -2.43. The van der Waals surface area contributed by atoms with Crippen molar-refractivity contribution in [1.82, 2.24) is 10.6 Å². The Balaban J connectivity index is 3.82. The summed E-state index contributed by atoms with van der Waals surface area (Å²) >= 11 is 0. The van der Waals surface area contributed by atoms with E-state index in [9.17, 15) is 9.59 Å². The number of amides is 2. The third-order valence-corrected chi connectivity index (χ3v) is 10.2. The van der Waals surface area contributed by atoms with Gasteiger partial charge in [0.15, 0.2) is 0 Å². The van der Waals surface area contributed by atoms with E-state index >= 15 is 0 Å². The van der Waals surface area contributed by atoms with Crippen molar-refractivity contribution in [1.29, 1.82) is 0 Å². The van der Waals surface area contributed by atoms with E-state index < -0.39 is 29.8 Å². The molecule has 0 aliphatic heterocycles. The molecule has 0 saturated carbocycles. The molecule has 0 radical (unpaired) electrons. The van der Waals surface area contributed by atoms with Crippen molar-refractivity contribution in [2.45, 2.75) is 24.9 Å². The smallest absolute Gasteiger partial charge is 0.445 e. The van der Waals surface area contributed by atoms with Gasteiger partial charge < -0.3 is 46.7 Å². The molecule has 32 heavy (non-hydrogen) atoms. The monoisotopic (exact) mass is 498 g/mol. The van der Waals surface area contributed by atoms with E-state index in [0.29, 0.717) is 38.0 Å². The number of alkyl carbamates (subject to hydrolysis) is 2. The van der Waals surface area contributed by atoms with Gasteiger partial charge in [0.2, 0.25) is 0 Å². The van der Waals surface area contributed by atoms with Gasteiger partial charge in [-0.2, -0.15) is 0 Å². The van der Waals surface area contributed by atoms with Crippen LogP contribution in [-0.2, 0) is 36.0 Å². The molecule has 12 nitrogen and oxygen atoms in total. The van der Waals surface area contributed by atoms with Crippen molar-refractivity contribution in [2.24, 2.45) is 0 Å². The molecule has 0 bridgehead atoms. The minimum atomic E-state index is -2.63. The van der Waals surface area contributed by atoms with E-state index in [4.69, 9.17) is 36.0 Å². The second kappa shape index (κ2) is 18.0. The lowest BCUT2D eigenvalue weighted by atomic mass is 10.5. The van der Waals surface area contributed by atoms with Crippen molar-refractivity contribution in [3.63, 3.8) is 0 Å². The van der Waals surface area contributed by atoms with E-state index in [1.54, 1.807) is 54.8 Å². The number of carbonyl (C=O) groups is 2. The summed E-state index contributed by atoms with van der Waals surface area (Å²) in [5, 5.41) is 5.26. The van der Waals surface area contributed by atoms with Crippen LogP contribution in [0, 0.1) is 0 Å². The summed E-state index contributed by atoms with van der Waals surface area (Å²) in [5.74, 6) is 0. The van der Waals surface area contributed by atoms with Gasteiger partial charge >= 0.3 is 29.8 Å². The Labute approximate surface area is 192 Å². The van der Waals surface area contributed by atoms with E-state index in [2.05, 4.69) is 10.6 Å². The van der Waals surface area contributed by atoms with Crippen LogP contribution < -0.4 is 10.6 Å². The highest BCUT2D eigenvalue weighted by molar-refractivity contribution is 6.60. The Bertz CT molecular complexity index is 483. The third-order valence-electron chi connectivity index (χ3n) is 4.51. The van der Waals surface area contributed by atoms with Gasteiger partial charge in [-0.05, 0) is 25.0 Å². The van der Waals surface area contributed by atoms with Crippen molar-refractivity contribution in [2.75, 3.05) is 69.0 Å². The lowest BCUT2D eigenvalue weighted by Gasteiger charge is -2.24. The zero-order valence-corrected chi connectivity index (χ0v) is 21.9. The predicted molar refractivity (Wildman–Crippen MR) is 120 cm³/mol. The van der Waals surface area contributed by atoms with Crippen molar-refractivity contribution >= 4 is 29.8 Å². The molecule has 0 spiro atoms. The molecular formula is C18H38N2O10Si2. The average Bonchev–Trinajstić information content (AvgIpc) is 2.82. The van der Waals surface area contributed by atoms with Crippen molar-refractivity contribution in [3.05, 3.63) is 12.2 Å². The first-order chi connectivity index (χ1) is 15.4. The summed E-state index contributed by atoms with van der Waals surface area (Å²) < 4.78 is 41.8. The maximum Gasteiger partial charge on any atom is 0.500 e. The van der Waals surface area contributed by atoms with Crippen LogP contribution in [-0.4, -0.2) is 98.8 Å². The number of rotatable bonds is 18. The largest absolute Gasteiger partial charge is 0.500 e. The first-order valence-electron chi connectivity index (χ1n) is 10.1. The molecule has 0 aromatic carbocycles. The summed E-state index contributed by atoms with van der Waals surface area (Å²) in [6.45, 7) is 0.918. The fourth-order valence-electron chi connectivity index (χ4n) is 2.59. The number of hydrogen-bond donors (Lipinski definition) is 2. The molecule has 0 heterocycles. The summed E-state index contributed by atoms with van der Waals surface area (Å²) in [6, 6.07) is 1.15. The standard InChI is InChI=1S/C18H38N2O10Si2/c1-23-31(24-2,25-3)15-9-11-19-17(21)29-13-7-8-14-30-18(22)20-12-10-16-32(26-4,27-5)28-6/h7-8H,9-16H2,1-6H3,(H,19,21)(H,20,22)/b8-7+. The molecule has 0 aliphatic rings. The van der Waals surface area contributed by atoms with Crippen LogP contribution in [0.25, 0.3) is 0 Å². The fraction of sp³-hybridized carbons (Fsp3) is 0.778. The molecule has 0 saturated heterocycles. The van der Waals surface area contributed by atoms with Crippen molar-refractivity contribution < 1.29 is 45.6 Å². The molecule has 2 amide bonds. The zero-order valence-electron chi connectivity index (χ0n) is 19.9. The van der Waals surface area contributed by atoms with Gasteiger partial charge in [-0.3, -0.25) is 0 Å². The van der Waals surface area contributed by atoms with Crippen LogP contribution in [0.2, 0.25) is 12.1 Å². The maximum absolute atomic E-state index is 11.6. The van der Waals surface area contributed by atoms with Gasteiger partial charge in [-0.1, -0.05) is 0 Å². The van der Waals surface area contributed by atoms with Crippen LogP contribution in [0.1, 0.15) is 12.8 Å². The SMILES string of the molecule is CO[Si](CCCNC(=O)OC/C=C/COC(=O)NCCC[Si](OC)(OC)OC)(OC)OC.